The minimum atomic E-state index is 0.00806. The van der Waals surface area contributed by atoms with Gasteiger partial charge in [0.25, 0.3) is 5.91 Å². The van der Waals surface area contributed by atoms with Gasteiger partial charge in [0.1, 0.15) is 11.6 Å². The molecule has 8 nitrogen and oxygen atoms in total. The first-order valence-corrected chi connectivity index (χ1v) is 10.2. The molecular formula is C21H25N7O. The standard InChI is InChI=1S/C21H25N7O/c1-15-13-18(25-28(15)17-5-3-2-4-6-17)21(29)26-10-7-16(8-11-26)20-24-23-19-14-22-9-12-27(19)20/h2-6,13,16,22H,7-12,14H2,1H3. The lowest BCUT2D eigenvalue weighted by Crippen LogP contribution is -2.39. The van der Waals surface area contributed by atoms with E-state index in [0.29, 0.717) is 11.6 Å². The van der Waals surface area contributed by atoms with E-state index >= 15 is 0 Å². The van der Waals surface area contributed by atoms with Crippen LogP contribution in [0.4, 0.5) is 0 Å². The van der Waals surface area contributed by atoms with E-state index in [4.69, 9.17) is 0 Å². The minimum absolute atomic E-state index is 0.00806. The van der Waals surface area contributed by atoms with Crippen LogP contribution in [0, 0.1) is 6.92 Å². The molecule has 2 aliphatic heterocycles. The Morgan fingerprint density at radius 1 is 1.10 bits per heavy atom. The van der Waals surface area contributed by atoms with Gasteiger partial charge in [0.2, 0.25) is 0 Å². The van der Waals surface area contributed by atoms with E-state index in [1.54, 1.807) is 0 Å². The molecule has 0 bridgehead atoms. The van der Waals surface area contributed by atoms with Crippen LogP contribution in [0.5, 0.6) is 0 Å². The van der Waals surface area contributed by atoms with Crippen molar-refractivity contribution < 1.29 is 4.79 Å². The Balaban J connectivity index is 1.28. The normalized spacial score (nSPS) is 17.3. The quantitative estimate of drug-likeness (QED) is 0.738. The number of aryl methyl sites for hydroxylation is 1. The van der Waals surface area contributed by atoms with E-state index in [0.717, 1.165) is 68.6 Å². The van der Waals surface area contributed by atoms with E-state index in [-0.39, 0.29) is 5.91 Å². The predicted octanol–water partition coefficient (Wildman–Crippen LogP) is 1.90. The van der Waals surface area contributed by atoms with Gasteiger partial charge in [-0.05, 0) is 38.0 Å². The zero-order valence-corrected chi connectivity index (χ0v) is 16.6. The van der Waals surface area contributed by atoms with Crippen molar-refractivity contribution in [2.24, 2.45) is 0 Å². The highest BCUT2D eigenvalue weighted by molar-refractivity contribution is 5.92. The van der Waals surface area contributed by atoms with Crippen LogP contribution in [0.15, 0.2) is 36.4 Å². The van der Waals surface area contributed by atoms with E-state index in [2.05, 4.69) is 25.2 Å². The molecule has 4 heterocycles. The smallest absolute Gasteiger partial charge is 0.274 e. The number of nitrogens with zero attached hydrogens (tertiary/aromatic N) is 6. The van der Waals surface area contributed by atoms with Gasteiger partial charge in [-0.1, -0.05) is 18.2 Å². The number of rotatable bonds is 3. The van der Waals surface area contributed by atoms with Crippen LogP contribution in [-0.2, 0) is 13.1 Å². The molecule has 5 rings (SSSR count). The average Bonchev–Trinajstić information content (AvgIpc) is 3.38. The highest BCUT2D eigenvalue weighted by Crippen LogP contribution is 2.28. The van der Waals surface area contributed by atoms with E-state index in [1.165, 1.54) is 0 Å². The number of benzene rings is 1. The van der Waals surface area contributed by atoms with Crippen molar-refractivity contribution in [3.8, 4) is 5.69 Å². The first-order chi connectivity index (χ1) is 14.2. The lowest BCUT2D eigenvalue weighted by molar-refractivity contribution is 0.0703. The van der Waals surface area contributed by atoms with Gasteiger partial charge in [-0.3, -0.25) is 4.79 Å². The van der Waals surface area contributed by atoms with Crippen molar-refractivity contribution in [1.29, 1.82) is 0 Å². The van der Waals surface area contributed by atoms with Crippen LogP contribution in [0.1, 0.15) is 46.6 Å². The maximum absolute atomic E-state index is 13.0. The van der Waals surface area contributed by atoms with Crippen LogP contribution < -0.4 is 5.32 Å². The summed E-state index contributed by atoms with van der Waals surface area (Å²) in [5, 5.41) is 16.7. The van der Waals surface area contributed by atoms with Gasteiger partial charge in [-0.15, -0.1) is 10.2 Å². The molecule has 0 unspecified atom stereocenters. The molecule has 1 fully saturated rings. The Hall–Kier alpha value is -3.00. The minimum Gasteiger partial charge on any atom is -0.337 e. The Morgan fingerprint density at radius 2 is 1.90 bits per heavy atom. The van der Waals surface area contributed by atoms with Gasteiger partial charge in [0.15, 0.2) is 5.69 Å². The molecule has 1 N–H and O–H groups in total. The number of piperidine rings is 1. The molecule has 1 saturated heterocycles. The Kier molecular flexibility index (Phi) is 4.63. The molecule has 0 atom stereocenters. The summed E-state index contributed by atoms with van der Waals surface area (Å²) in [5.41, 5.74) is 2.43. The van der Waals surface area contributed by atoms with Crippen LogP contribution >= 0.6 is 0 Å². The number of hydrogen-bond acceptors (Lipinski definition) is 5. The van der Waals surface area contributed by atoms with Crippen molar-refractivity contribution in [2.45, 2.75) is 38.8 Å². The third-order valence-electron chi connectivity index (χ3n) is 5.91. The van der Waals surface area contributed by atoms with Crippen LogP contribution in [0.25, 0.3) is 5.69 Å². The highest BCUT2D eigenvalue weighted by atomic mass is 16.2. The van der Waals surface area contributed by atoms with Crippen molar-refractivity contribution in [1.82, 2.24) is 34.8 Å². The number of para-hydroxylation sites is 1. The fourth-order valence-electron chi connectivity index (χ4n) is 4.33. The highest BCUT2D eigenvalue weighted by Gasteiger charge is 2.30. The van der Waals surface area contributed by atoms with E-state index in [1.807, 2.05) is 52.9 Å². The van der Waals surface area contributed by atoms with Gasteiger partial charge < -0.3 is 14.8 Å². The third kappa shape index (κ3) is 3.33. The lowest BCUT2D eigenvalue weighted by Gasteiger charge is -2.31. The molecule has 150 valence electrons. The Morgan fingerprint density at radius 3 is 2.69 bits per heavy atom. The number of carbonyl (C=O) groups excluding carboxylic acids is 1. The van der Waals surface area contributed by atoms with Crippen LogP contribution in [-0.4, -0.2) is 55.0 Å². The molecule has 0 radical (unpaired) electrons. The predicted molar refractivity (Wildman–Crippen MR) is 108 cm³/mol. The van der Waals surface area contributed by atoms with Crippen LogP contribution in [0.3, 0.4) is 0 Å². The monoisotopic (exact) mass is 391 g/mol. The second kappa shape index (κ2) is 7.44. The molecule has 0 aliphatic carbocycles. The summed E-state index contributed by atoms with van der Waals surface area (Å²) in [6, 6.07) is 11.8. The number of hydrogen-bond donors (Lipinski definition) is 1. The summed E-state index contributed by atoms with van der Waals surface area (Å²) in [4.78, 5) is 15.0. The lowest BCUT2D eigenvalue weighted by atomic mass is 9.95. The maximum atomic E-state index is 13.0. The van der Waals surface area contributed by atoms with E-state index in [9.17, 15) is 4.79 Å². The van der Waals surface area contributed by atoms with E-state index < -0.39 is 0 Å². The second-order valence-corrected chi connectivity index (χ2v) is 7.79. The fourth-order valence-corrected chi connectivity index (χ4v) is 4.33. The molecule has 29 heavy (non-hydrogen) atoms. The summed E-state index contributed by atoms with van der Waals surface area (Å²) >= 11 is 0. The molecule has 8 heteroatoms. The number of carbonyl (C=O) groups is 1. The maximum Gasteiger partial charge on any atom is 0.274 e. The summed E-state index contributed by atoms with van der Waals surface area (Å²) in [5.74, 6) is 2.47. The van der Waals surface area contributed by atoms with Gasteiger partial charge >= 0.3 is 0 Å². The molecule has 2 aromatic heterocycles. The largest absolute Gasteiger partial charge is 0.337 e. The van der Waals surface area contributed by atoms with Gasteiger partial charge in [0, 0.05) is 37.8 Å². The van der Waals surface area contributed by atoms with Crippen molar-refractivity contribution in [3.05, 3.63) is 59.4 Å². The third-order valence-corrected chi connectivity index (χ3v) is 5.91. The van der Waals surface area contributed by atoms with Crippen molar-refractivity contribution in [3.63, 3.8) is 0 Å². The van der Waals surface area contributed by atoms with Crippen molar-refractivity contribution >= 4 is 5.91 Å². The second-order valence-electron chi connectivity index (χ2n) is 7.79. The Labute approximate surface area is 169 Å². The number of fused-ring (bicyclic) bond motifs is 1. The van der Waals surface area contributed by atoms with Crippen LogP contribution in [0.2, 0.25) is 0 Å². The average molecular weight is 391 g/mol. The molecule has 0 saturated carbocycles. The molecule has 0 spiro atoms. The first-order valence-electron chi connectivity index (χ1n) is 10.2. The first kappa shape index (κ1) is 18.1. The number of nitrogens with one attached hydrogen (secondary N) is 1. The molecular weight excluding hydrogens is 366 g/mol. The van der Waals surface area contributed by atoms with Gasteiger partial charge in [0.05, 0.1) is 12.2 Å². The fraction of sp³-hybridized carbons (Fsp3) is 0.429. The summed E-state index contributed by atoms with van der Waals surface area (Å²) in [6.45, 7) is 6.09. The molecule has 1 aromatic carbocycles. The molecule has 3 aromatic rings. The topological polar surface area (TPSA) is 80.9 Å². The number of aromatic nitrogens is 5. The van der Waals surface area contributed by atoms with Gasteiger partial charge in [-0.25, -0.2) is 4.68 Å². The Bertz CT molecular complexity index is 1020. The summed E-state index contributed by atoms with van der Waals surface area (Å²) in [6.07, 6.45) is 1.82. The number of amides is 1. The summed E-state index contributed by atoms with van der Waals surface area (Å²) in [7, 11) is 0. The zero-order chi connectivity index (χ0) is 19.8. The SMILES string of the molecule is Cc1cc(C(=O)N2CCC(c3nnc4n3CCNC4)CC2)nn1-c1ccccc1. The zero-order valence-electron chi connectivity index (χ0n) is 16.6. The van der Waals surface area contributed by atoms with Crippen molar-refractivity contribution in [2.75, 3.05) is 19.6 Å². The molecule has 2 aliphatic rings. The molecule has 1 amide bonds. The number of likely N-dealkylation sites (tertiary alicyclic amines) is 1. The van der Waals surface area contributed by atoms with Gasteiger partial charge in [-0.2, -0.15) is 5.10 Å². The summed E-state index contributed by atoms with van der Waals surface area (Å²) < 4.78 is 4.08.